The predicted molar refractivity (Wildman–Crippen MR) is 61.9 cm³/mol. The van der Waals surface area contributed by atoms with E-state index in [-0.39, 0.29) is 11.2 Å². The van der Waals surface area contributed by atoms with E-state index >= 15 is 0 Å². The molecule has 1 nitrogen and oxygen atoms in total. The number of benzene rings is 1. The van der Waals surface area contributed by atoms with Crippen molar-refractivity contribution < 1.29 is 17.9 Å². The first-order chi connectivity index (χ1) is 7.63. The molecule has 1 rings (SSSR count). The minimum Gasteiger partial charge on any atom is -0.406 e. The third-order valence-corrected chi connectivity index (χ3v) is 2.28. The van der Waals surface area contributed by atoms with Crippen molar-refractivity contribution in [1.29, 1.82) is 0 Å². The second-order valence-electron chi connectivity index (χ2n) is 4.75. The van der Waals surface area contributed by atoms with Gasteiger partial charge in [0.15, 0.2) is 0 Å². The summed E-state index contributed by atoms with van der Waals surface area (Å²) in [6.07, 6.45) is -3.13. The Morgan fingerprint density at radius 1 is 1.18 bits per heavy atom. The zero-order valence-corrected chi connectivity index (χ0v) is 10.1. The molecule has 0 fully saturated rings. The van der Waals surface area contributed by atoms with Crippen LogP contribution in [0, 0.1) is 0 Å². The minimum atomic E-state index is -4.66. The summed E-state index contributed by atoms with van der Waals surface area (Å²) in [6.45, 7) is 9.56. The second kappa shape index (κ2) is 4.43. The summed E-state index contributed by atoms with van der Waals surface area (Å²) >= 11 is 0. The largest absolute Gasteiger partial charge is 0.573 e. The lowest BCUT2D eigenvalue weighted by atomic mass is 9.84. The van der Waals surface area contributed by atoms with Gasteiger partial charge in [-0.25, -0.2) is 0 Å². The molecule has 0 aliphatic rings. The highest BCUT2D eigenvalue weighted by molar-refractivity contribution is 5.56. The Kier molecular flexibility index (Phi) is 3.55. The fourth-order valence-electron chi connectivity index (χ4n) is 1.59. The molecular weight excluding hydrogens is 229 g/mol. The predicted octanol–water partition coefficient (Wildman–Crippen LogP) is 4.53. The van der Waals surface area contributed by atoms with E-state index in [4.69, 9.17) is 0 Å². The highest BCUT2D eigenvalue weighted by Gasteiger charge is 2.31. The maximum absolute atomic E-state index is 12.1. The summed E-state index contributed by atoms with van der Waals surface area (Å²) in [5, 5.41) is 0. The number of hydrogen-bond donors (Lipinski definition) is 0. The van der Waals surface area contributed by atoms with Crippen LogP contribution >= 0.6 is 0 Å². The number of ether oxygens (including phenoxy) is 1. The van der Waals surface area contributed by atoms with E-state index in [1.165, 1.54) is 18.2 Å². The van der Waals surface area contributed by atoms with Crippen LogP contribution in [0.25, 0.3) is 6.08 Å². The van der Waals surface area contributed by atoms with Crippen LogP contribution in [-0.2, 0) is 5.41 Å². The molecular formula is C13H15F3O. The van der Waals surface area contributed by atoms with Gasteiger partial charge in [0.2, 0.25) is 0 Å². The lowest BCUT2D eigenvalue weighted by Crippen LogP contribution is -2.18. The third-order valence-electron chi connectivity index (χ3n) is 2.28. The molecule has 17 heavy (non-hydrogen) atoms. The van der Waals surface area contributed by atoms with Crippen molar-refractivity contribution in [2.75, 3.05) is 0 Å². The van der Waals surface area contributed by atoms with Crippen LogP contribution in [0.5, 0.6) is 5.75 Å². The molecule has 0 aliphatic heterocycles. The first-order valence-electron chi connectivity index (χ1n) is 5.16. The molecule has 0 heterocycles. The Labute approximate surface area is 98.9 Å². The molecule has 0 bridgehead atoms. The van der Waals surface area contributed by atoms with E-state index in [0.717, 1.165) is 5.56 Å². The molecule has 0 spiro atoms. The molecule has 0 radical (unpaired) electrons. The zero-order chi connectivity index (χ0) is 13.3. The van der Waals surface area contributed by atoms with Gasteiger partial charge in [-0.1, -0.05) is 39.5 Å². The maximum atomic E-state index is 12.1. The van der Waals surface area contributed by atoms with Crippen molar-refractivity contribution in [1.82, 2.24) is 0 Å². The normalized spacial score (nSPS) is 12.4. The van der Waals surface area contributed by atoms with E-state index in [1.807, 2.05) is 20.8 Å². The molecule has 4 heteroatoms. The Balaban J connectivity index is 3.14. The van der Waals surface area contributed by atoms with Gasteiger partial charge < -0.3 is 4.74 Å². The standard InChI is InChI=1S/C13H15F3O/c1-5-9-8-10(17-13(14,15)16)6-7-11(9)12(2,3)4/h5-8H,1H2,2-4H3. The van der Waals surface area contributed by atoms with Crippen molar-refractivity contribution in [3.05, 3.63) is 35.9 Å². The Morgan fingerprint density at radius 3 is 2.18 bits per heavy atom. The van der Waals surface area contributed by atoms with Crippen molar-refractivity contribution in [3.8, 4) is 5.75 Å². The molecule has 0 amide bonds. The number of halogens is 3. The fraction of sp³-hybridized carbons (Fsp3) is 0.385. The molecule has 0 aliphatic carbocycles. The van der Waals surface area contributed by atoms with E-state index in [9.17, 15) is 13.2 Å². The summed E-state index contributed by atoms with van der Waals surface area (Å²) in [7, 11) is 0. The Morgan fingerprint density at radius 2 is 1.76 bits per heavy atom. The lowest BCUT2D eigenvalue weighted by molar-refractivity contribution is -0.274. The quantitative estimate of drug-likeness (QED) is 0.742. The van der Waals surface area contributed by atoms with Gasteiger partial charge >= 0.3 is 6.36 Å². The average molecular weight is 244 g/mol. The van der Waals surface area contributed by atoms with Crippen LogP contribution in [0.4, 0.5) is 13.2 Å². The van der Waals surface area contributed by atoms with Crippen molar-refractivity contribution in [3.63, 3.8) is 0 Å². The molecule has 1 aromatic rings. The van der Waals surface area contributed by atoms with Crippen LogP contribution in [0.3, 0.4) is 0 Å². The van der Waals surface area contributed by atoms with Gasteiger partial charge in [-0.2, -0.15) is 0 Å². The summed E-state index contributed by atoms with van der Waals surface area (Å²) in [5.41, 5.74) is 1.43. The van der Waals surface area contributed by atoms with Gasteiger partial charge in [-0.05, 0) is 28.7 Å². The van der Waals surface area contributed by atoms with Crippen LogP contribution in [0.2, 0.25) is 0 Å². The van der Waals surface area contributed by atoms with Crippen LogP contribution < -0.4 is 4.74 Å². The molecule has 0 aromatic heterocycles. The smallest absolute Gasteiger partial charge is 0.406 e. The van der Waals surface area contributed by atoms with Gasteiger partial charge in [-0.15, -0.1) is 13.2 Å². The number of hydrogen-bond acceptors (Lipinski definition) is 1. The molecule has 94 valence electrons. The summed E-state index contributed by atoms with van der Waals surface area (Å²) in [4.78, 5) is 0. The highest BCUT2D eigenvalue weighted by Crippen LogP contribution is 2.31. The molecule has 0 saturated carbocycles. The van der Waals surface area contributed by atoms with E-state index < -0.39 is 6.36 Å². The molecule has 1 aromatic carbocycles. The first-order valence-corrected chi connectivity index (χ1v) is 5.16. The number of rotatable bonds is 2. The Bertz CT molecular complexity index is 414. The first kappa shape index (κ1) is 13.6. The van der Waals surface area contributed by atoms with Crippen molar-refractivity contribution >= 4 is 6.08 Å². The van der Waals surface area contributed by atoms with Crippen molar-refractivity contribution in [2.45, 2.75) is 32.5 Å². The van der Waals surface area contributed by atoms with Gasteiger partial charge in [0.1, 0.15) is 5.75 Å². The molecule has 0 N–H and O–H groups in total. The van der Waals surface area contributed by atoms with Crippen LogP contribution in [0.1, 0.15) is 31.9 Å². The van der Waals surface area contributed by atoms with Gasteiger partial charge in [0, 0.05) is 0 Å². The van der Waals surface area contributed by atoms with Crippen LogP contribution in [0.15, 0.2) is 24.8 Å². The fourth-order valence-corrected chi connectivity index (χ4v) is 1.59. The molecule has 0 unspecified atom stereocenters. The SMILES string of the molecule is C=Cc1cc(OC(F)(F)F)ccc1C(C)(C)C. The monoisotopic (exact) mass is 244 g/mol. The minimum absolute atomic E-state index is 0.152. The van der Waals surface area contributed by atoms with Crippen LogP contribution in [-0.4, -0.2) is 6.36 Å². The van der Waals surface area contributed by atoms with E-state index in [2.05, 4.69) is 11.3 Å². The van der Waals surface area contributed by atoms with Gasteiger partial charge in [0.05, 0.1) is 0 Å². The maximum Gasteiger partial charge on any atom is 0.573 e. The molecule has 0 atom stereocenters. The highest BCUT2D eigenvalue weighted by atomic mass is 19.4. The summed E-state index contributed by atoms with van der Waals surface area (Å²) in [5.74, 6) is -0.222. The topological polar surface area (TPSA) is 9.23 Å². The lowest BCUT2D eigenvalue weighted by Gasteiger charge is -2.22. The second-order valence-corrected chi connectivity index (χ2v) is 4.75. The average Bonchev–Trinajstić information content (AvgIpc) is 2.13. The van der Waals surface area contributed by atoms with Gasteiger partial charge in [-0.3, -0.25) is 0 Å². The molecule has 0 saturated heterocycles. The van der Waals surface area contributed by atoms with Crippen molar-refractivity contribution in [2.24, 2.45) is 0 Å². The van der Waals surface area contributed by atoms with E-state index in [0.29, 0.717) is 5.56 Å². The Hall–Kier alpha value is -1.45. The van der Waals surface area contributed by atoms with E-state index in [1.54, 1.807) is 6.07 Å². The third kappa shape index (κ3) is 3.80. The zero-order valence-electron chi connectivity index (χ0n) is 10.1. The van der Waals surface area contributed by atoms with Gasteiger partial charge in [0.25, 0.3) is 0 Å². The summed E-state index contributed by atoms with van der Waals surface area (Å²) < 4.78 is 40.1. The number of alkyl halides is 3. The summed E-state index contributed by atoms with van der Waals surface area (Å²) in [6, 6.07) is 4.31.